The fourth-order valence-electron chi connectivity index (χ4n) is 1.82. The number of pyridine rings is 1. The van der Waals surface area contributed by atoms with Crippen molar-refractivity contribution in [2.45, 2.75) is 37.4 Å². The molecule has 0 aliphatic carbocycles. The quantitative estimate of drug-likeness (QED) is 0.740. The van der Waals surface area contributed by atoms with Crippen LogP contribution >= 0.6 is 0 Å². The summed E-state index contributed by atoms with van der Waals surface area (Å²) >= 11 is 0. The second-order valence-electron chi connectivity index (χ2n) is 5.42. The Kier molecular flexibility index (Phi) is 6.78. The Labute approximate surface area is 133 Å². The van der Waals surface area contributed by atoms with E-state index in [2.05, 4.69) is 14.4 Å². The third-order valence-corrected chi connectivity index (χ3v) is 4.27. The van der Waals surface area contributed by atoms with Crippen LogP contribution in [-0.4, -0.2) is 38.8 Å². The van der Waals surface area contributed by atoms with Crippen molar-refractivity contribution in [3.63, 3.8) is 0 Å². The number of rotatable bonds is 8. The molecular formula is C13H20F3N3O3S. The highest BCUT2D eigenvalue weighted by molar-refractivity contribution is 7.89. The van der Waals surface area contributed by atoms with Gasteiger partial charge in [-0.1, -0.05) is 13.8 Å². The van der Waals surface area contributed by atoms with Crippen molar-refractivity contribution < 1.29 is 26.3 Å². The number of halogens is 3. The molecule has 3 N–H and O–H groups in total. The average molecular weight is 355 g/mol. The Hall–Kier alpha value is -1.39. The van der Waals surface area contributed by atoms with Gasteiger partial charge in [0.1, 0.15) is 4.90 Å². The first-order chi connectivity index (χ1) is 10.5. The van der Waals surface area contributed by atoms with Crippen LogP contribution in [0, 0.1) is 5.92 Å². The number of nitrogens with one attached hydrogen (secondary N) is 1. The molecule has 0 saturated heterocycles. The molecule has 0 aliphatic rings. The smallest absolute Gasteiger partial charge is 0.422 e. The van der Waals surface area contributed by atoms with Gasteiger partial charge in [0.15, 0.2) is 6.61 Å². The zero-order valence-corrected chi connectivity index (χ0v) is 13.6. The largest absolute Gasteiger partial charge is 0.468 e. The van der Waals surface area contributed by atoms with Crippen LogP contribution in [0.2, 0.25) is 0 Å². The van der Waals surface area contributed by atoms with E-state index in [0.29, 0.717) is 6.42 Å². The highest BCUT2D eigenvalue weighted by Crippen LogP contribution is 2.18. The molecule has 10 heteroatoms. The molecule has 6 nitrogen and oxygen atoms in total. The number of hydrogen-bond donors (Lipinski definition) is 2. The summed E-state index contributed by atoms with van der Waals surface area (Å²) in [6.07, 6.45) is -2.98. The van der Waals surface area contributed by atoms with E-state index in [4.69, 9.17) is 5.73 Å². The molecular weight excluding hydrogens is 335 g/mol. The highest BCUT2D eigenvalue weighted by Gasteiger charge is 2.28. The summed E-state index contributed by atoms with van der Waals surface area (Å²) in [5.41, 5.74) is 5.54. The minimum Gasteiger partial charge on any atom is -0.468 e. The molecule has 0 fully saturated rings. The van der Waals surface area contributed by atoms with Crippen molar-refractivity contribution in [3.8, 4) is 5.88 Å². The molecule has 0 amide bonds. The zero-order valence-electron chi connectivity index (χ0n) is 12.8. The van der Waals surface area contributed by atoms with Crippen LogP contribution in [0.3, 0.4) is 0 Å². The lowest BCUT2D eigenvalue weighted by Crippen LogP contribution is -2.41. The van der Waals surface area contributed by atoms with Gasteiger partial charge in [-0.05, 0) is 18.4 Å². The summed E-state index contributed by atoms with van der Waals surface area (Å²) in [6.45, 7) is 2.52. The van der Waals surface area contributed by atoms with Gasteiger partial charge in [0.25, 0.3) is 0 Å². The summed E-state index contributed by atoms with van der Waals surface area (Å²) in [5.74, 6) is -0.0543. The van der Waals surface area contributed by atoms with Crippen LogP contribution in [0.25, 0.3) is 0 Å². The molecule has 1 rings (SSSR count). The van der Waals surface area contributed by atoms with E-state index in [0.717, 1.165) is 18.3 Å². The van der Waals surface area contributed by atoms with Crippen molar-refractivity contribution in [1.82, 2.24) is 9.71 Å². The molecule has 1 unspecified atom stereocenters. The first kappa shape index (κ1) is 19.7. The van der Waals surface area contributed by atoms with Gasteiger partial charge in [-0.25, -0.2) is 18.1 Å². The van der Waals surface area contributed by atoms with Crippen LogP contribution in [0.1, 0.15) is 20.3 Å². The first-order valence-electron chi connectivity index (χ1n) is 6.91. The van der Waals surface area contributed by atoms with Gasteiger partial charge in [-0.2, -0.15) is 13.2 Å². The van der Waals surface area contributed by atoms with E-state index in [1.807, 2.05) is 13.8 Å². The minimum atomic E-state index is -4.49. The van der Waals surface area contributed by atoms with Gasteiger partial charge in [-0.3, -0.25) is 0 Å². The topological polar surface area (TPSA) is 94.3 Å². The second kappa shape index (κ2) is 7.93. The predicted octanol–water partition coefficient (Wildman–Crippen LogP) is 1.67. The molecule has 1 atom stereocenters. The van der Waals surface area contributed by atoms with Crippen molar-refractivity contribution in [1.29, 1.82) is 0 Å². The zero-order chi connectivity index (χ0) is 17.7. The summed E-state index contributed by atoms with van der Waals surface area (Å²) in [6, 6.07) is 1.77. The van der Waals surface area contributed by atoms with E-state index in [1.165, 1.54) is 0 Å². The number of alkyl halides is 3. The van der Waals surface area contributed by atoms with Crippen LogP contribution in [0.5, 0.6) is 5.88 Å². The maximum absolute atomic E-state index is 12.2. The summed E-state index contributed by atoms with van der Waals surface area (Å²) in [5, 5.41) is 0. The molecule has 0 aromatic carbocycles. The maximum atomic E-state index is 12.2. The standard InChI is InChI=1S/C13H20F3N3O3S/c1-9(2)5-10(6-17)19-23(20,21)11-3-4-12(18-7-11)22-8-13(14,15)16/h3-4,7,9-10,19H,5-6,8,17H2,1-2H3. The summed E-state index contributed by atoms with van der Waals surface area (Å²) in [7, 11) is -3.85. The van der Waals surface area contributed by atoms with Gasteiger partial charge in [0, 0.05) is 18.7 Å². The molecule has 0 spiro atoms. The number of nitrogens with two attached hydrogens (primary N) is 1. The molecule has 0 radical (unpaired) electrons. The van der Waals surface area contributed by atoms with E-state index in [1.54, 1.807) is 0 Å². The Morgan fingerprint density at radius 3 is 2.43 bits per heavy atom. The Balaban J connectivity index is 2.77. The van der Waals surface area contributed by atoms with E-state index >= 15 is 0 Å². The van der Waals surface area contributed by atoms with Gasteiger partial charge in [0.2, 0.25) is 15.9 Å². The first-order valence-corrected chi connectivity index (χ1v) is 8.40. The molecule has 0 bridgehead atoms. The van der Waals surface area contributed by atoms with E-state index in [-0.39, 0.29) is 23.2 Å². The van der Waals surface area contributed by atoms with Crippen LogP contribution in [-0.2, 0) is 10.0 Å². The van der Waals surface area contributed by atoms with Gasteiger partial charge < -0.3 is 10.5 Å². The second-order valence-corrected chi connectivity index (χ2v) is 7.13. The molecule has 132 valence electrons. The monoisotopic (exact) mass is 355 g/mol. The summed E-state index contributed by atoms with van der Waals surface area (Å²) < 4.78 is 67.3. The molecule has 0 aliphatic heterocycles. The Morgan fingerprint density at radius 1 is 1.35 bits per heavy atom. The van der Waals surface area contributed by atoms with E-state index in [9.17, 15) is 21.6 Å². The number of aromatic nitrogens is 1. The maximum Gasteiger partial charge on any atom is 0.422 e. The lowest BCUT2D eigenvalue weighted by Gasteiger charge is -2.18. The lowest BCUT2D eigenvalue weighted by atomic mass is 10.1. The van der Waals surface area contributed by atoms with Gasteiger partial charge in [-0.15, -0.1) is 0 Å². The normalized spacial score (nSPS) is 14.0. The number of hydrogen-bond acceptors (Lipinski definition) is 5. The SMILES string of the molecule is CC(C)CC(CN)NS(=O)(=O)c1ccc(OCC(F)(F)F)nc1. The fourth-order valence-corrected chi connectivity index (χ4v) is 3.02. The predicted molar refractivity (Wildman–Crippen MR) is 78.4 cm³/mol. The number of nitrogens with zero attached hydrogens (tertiary/aromatic N) is 1. The van der Waals surface area contributed by atoms with Crippen LogP contribution < -0.4 is 15.2 Å². The van der Waals surface area contributed by atoms with E-state index < -0.39 is 28.8 Å². The van der Waals surface area contributed by atoms with Crippen LogP contribution in [0.4, 0.5) is 13.2 Å². The molecule has 1 heterocycles. The number of ether oxygens (including phenoxy) is 1. The van der Waals surface area contributed by atoms with Crippen molar-refractivity contribution in [2.75, 3.05) is 13.2 Å². The highest BCUT2D eigenvalue weighted by atomic mass is 32.2. The molecule has 0 saturated carbocycles. The van der Waals surface area contributed by atoms with Crippen LogP contribution in [0.15, 0.2) is 23.2 Å². The summed E-state index contributed by atoms with van der Waals surface area (Å²) in [4.78, 5) is 3.40. The van der Waals surface area contributed by atoms with Crippen molar-refractivity contribution >= 4 is 10.0 Å². The number of sulfonamides is 1. The lowest BCUT2D eigenvalue weighted by molar-refractivity contribution is -0.154. The van der Waals surface area contributed by atoms with Gasteiger partial charge in [0.05, 0.1) is 6.20 Å². The van der Waals surface area contributed by atoms with Gasteiger partial charge >= 0.3 is 6.18 Å². The third kappa shape index (κ3) is 7.14. The average Bonchev–Trinajstić information content (AvgIpc) is 2.43. The minimum absolute atomic E-state index is 0.137. The molecule has 1 aromatic rings. The Bertz CT molecular complexity index is 589. The van der Waals surface area contributed by atoms with Crippen molar-refractivity contribution in [2.24, 2.45) is 11.7 Å². The Morgan fingerprint density at radius 2 is 2.00 bits per heavy atom. The molecule has 23 heavy (non-hydrogen) atoms. The molecule has 1 aromatic heterocycles. The third-order valence-electron chi connectivity index (χ3n) is 2.77. The fraction of sp³-hybridized carbons (Fsp3) is 0.615. The van der Waals surface area contributed by atoms with Crippen molar-refractivity contribution in [3.05, 3.63) is 18.3 Å².